The zero-order chi connectivity index (χ0) is 17.7. The number of esters is 1. The Bertz CT molecular complexity index is 569. The molecule has 0 radical (unpaired) electrons. The SMILES string of the molecule is CCOC(=O)/C=C/c1ccc(O[C@@H]2O[C@@H](C)[C@H](O)[C@@H](O)[C@H]2O)cc1. The molecule has 1 fully saturated rings. The molecule has 1 aliphatic heterocycles. The molecule has 0 saturated carbocycles. The first-order valence-electron chi connectivity index (χ1n) is 7.73. The van der Waals surface area contributed by atoms with Crippen LogP contribution in [0.4, 0.5) is 0 Å². The highest BCUT2D eigenvalue weighted by atomic mass is 16.7. The van der Waals surface area contributed by atoms with Crippen molar-refractivity contribution in [3.8, 4) is 5.75 Å². The molecule has 2 rings (SSSR count). The van der Waals surface area contributed by atoms with Crippen LogP contribution in [0.5, 0.6) is 5.75 Å². The van der Waals surface area contributed by atoms with E-state index < -0.39 is 36.7 Å². The van der Waals surface area contributed by atoms with E-state index in [1.807, 2.05) is 0 Å². The molecule has 1 heterocycles. The molecule has 0 amide bonds. The number of carbonyl (C=O) groups is 1. The first kappa shape index (κ1) is 18.4. The van der Waals surface area contributed by atoms with E-state index in [4.69, 9.17) is 14.2 Å². The van der Waals surface area contributed by atoms with Crippen molar-refractivity contribution in [1.82, 2.24) is 0 Å². The quantitative estimate of drug-likeness (QED) is 0.529. The summed E-state index contributed by atoms with van der Waals surface area (Å²) in [6.07, 6.45) is -2.69. The molecule has 0 bridgehead atoms. The Morgan fingerprint density at radius 3 is 2.46 bits per heavy atom. The Hall–Kier alpha value is -1.93. The fourth-order valence-electron chi connectivity index (χ4n) is 2.26. The Balaban J connectivity index is 1.97. The van der Waals surface area contributed by atoms with Crippen molar-refractivity contribution in [2.24, 2.45) is 0 Å². The largest absolute Gasteiger partial charge is 0.463 e. The number of aliphatic hydroxyl groups is 3. The predicted octanol–water partition coefficient (Wildman–Crippen LogP) is 0.469. The van der Waals surface area contributed by atoms with Gasteiger partial charge in [-0.25, -0.2) is 4.79 Å². The first-order chi connectivity index (χ1) is 11.4. The highest BCUT2D eigenvalue weighted by molar-refractivity contribution is 5.87. The lowest BCUT2D eigenvalue weighted by molar-refractivity contribution is -0.268. The molecule has 24 heavy (non-hydrogen) atoms. The maximum atomic E-state index is 11.2. The van der Waals surface area contributed by atoms with Gasteiger partial charge in [0.2, 0.25) is 6.29 Å². The normalized spacial score (nSPS) is 30.3. The van der Waals surface area contributed by atoms with Gasteiger partial charge in [-0.2, -0.15) is 0 Å². The number of hydrogen-bond acceptors (Lipinski definition) is 7. The Labute approximate surface area is 140 Å². The van der Waals surface area contributed by atoms with E-state index >= 15 is 0 Å². The van der Waals surface area contributed by atoms with Crippen LogP contribution in [0.1, 0.15) is 19.4 Å². The molecule has 0 aromatic heterocycles. The molecule has 1 aromatic carbocycles. The van der Waals surface area contributed by atoms with Crippen molar-refractivity contribution in [3.05, 3.63) is 35.9 Å². The molecule has 1 aromatic rings. The average molecular weight is 338 g/mol. The third kappa shape index (κ3) is 4.55. The van der Waals surface area contributed by atoms with Crippen molar-refractivity contribution in [2.75, 3.05) is 6.61 Å². The van der Waals surface area contributed by atoms with Gasteiger partial charge in [0.05, 0.1) is 12.7 Å². The summed E-state index contributed by atoms with van der Waals surface area (Å²) in [5.74, 6) is 0.00112. The molecule has 7 heteroatoms. The van der Waals surface area contributed by atoms with Crippen LogP contribution in [0.15, 0.2) is 30.3 Å². The molecule has 1 saturated heterocycles. The van der Waals surface area contributed by atoms with Crippen molar-refractivity contribution < 1.29 is 34.3 Å². The molecule has 5 atom stereocenters. The molecular weight excluding hydrogens is 316 g/mol. The van der Waals surface area contributed by atoms with E-state index in [0.717, 1.165) is 5.56 Å². The van der Waals surface area contributed by atoms with E-state index in [1.165, 1.54) is 6.08 Å². The summed E-state index contributed by atoms with van der Waals surface area (Å²) in [4.78, 5) is 11.2. The smallest absolute Gasteiger partial charge is 0.330 e. The van der Waals surface area contributed by atoms with Gasteiger partial charge in [-0.15, -0.1) is 0 Å². The van der Waals surface area contributed by atoms with Gasteiger partial charge in [-0.3, -0.25) is 0 Å². The monoisotopic (exact) mass is 338 g/mol. The number of ether oxygens (including phenoxy) is 3. The van der Waals surface area contributed by atoms with Crippen molar-refractivity contribution >= 4 is 12.0 Å². The molecule has 0 unspecified atom stereocenters. The molecule has 0 aliphatic carbocycles. The second kappa shape index (κ2) is 8.25. The van der Waals surface area contributed by atoms with Gasteiger partial charge in [-0.1, -0.05) is 12.1 Å². The number of hydrogen-bond donors (Lipinski definition) is 3. The zero-order valence-corrected chi connectivity index (χ0v) is 13.5. The Morgan fingerprint density at radius 2 is 1.83 bits per heavy atom. The van der Waals surface area contributed by atoms with Gasteiger partial charge in [0.15, 0.2) is 0 Å². The lowest BCUT2D eigenvalue weighted by Gasteiger charge is -2.38. The van der Waals surface area contributed by atoms with Crippen LogP contribution in [0.2, 0.25) is 0 Å². The topological polar surface area (TPSA) is 105 Å². The zero-order valence-electron chi connectivity index (χ0n) is 13.5. The Kier molecular flexibility index (Phi) is 6.33. The lowest BCUT2D eigenvalue weighted by atomic mass is 10.00. The van der Waals surface area contributed by atoms with Crippen LogP contribution in [0.25, 0.3) is 6.08 Å². The van der Waals surface area contributed by atoms with Crippen LogP contribution in [0.3, 0.4) is 0 Å². The maximum absolute atomic E-state index is 11.2. The predicted molar refractivity (Wildman–Crippen MR) is 85.1 cm³/mol. The highest BCUT2D eigenvalue weighted by Crippen LogP contribution is 2.24. The van der Waals surface area contributed by atoms with Crippen molar-refractivity contribution in [3.63, 3.8) is 0 Å². The molecule has 0 spiro atoms. The maximum Gasteiger partial charge on any atom is 0.330 e. The van der Waals surface area contributed by atoms with Crippen LogP contribution < -0.4 is 4.74 Å². The summed E-state index contributed by atoms with van der Waals surface area (Å²) in [5.41, 5.74) is 0.768. The molecule has 132 valence electrons. The number of rotatable bonds is 5. The van der Waals surface area contributed by atoms with Crippen molar-refractivity contribution in [2.45, 2.75) is 44.6 Å². The van der Waals surface area contributed by atoms with Gasteiger partial charge in [0.25, 0.3) is 0 Å². The summed E-state index contributed by atoms with van der Waals surface area (Å²) in [6.45, 7) is 3.63. The number of carbonyl (C=O) groups excluding carboxylic acids is 1. The van der Waals surface area contributed by atoms with E-state index in [9.17, 15) is 20.1 Å². The lowest BCUT2D eigenvalue weighted by Crippen LogP contribution is -2.58. The number of aliphatic hydroxyl groups excluding tert-OH is 3. The summed E-state index contributed by atoms with van der Waals surface area (Å²) >= 11 is 0. The first-order valence-corrected chi connectivity index (χ1v) is 7.73. The van der Waals surface area contributed by atoms with E-state index in [1.54, 1.807) is 44.2 Å². The summed E-state index contributed by atoms with van der Waals surface area (Å²) < 4.78 is 15.7. The summed E-state index contributed by atoms with van der Waals surface area (Å²) in [6, 6.07) is 6.72. The second-order valence-electron chi connectivity index (χ2n) is 5.45. The van der Waals surface area contributed by atoms with E-state index in [0.29, 0.717) is 12.4 Å². The third-order valence-corrected chi connectivity index (χ3v) is 3.64. The molecule has 3 N–H and O–H groups in total. The average Bonchev–Trinajstić information content (AvgIpc) is 2.57. The minimum absolute atomic E-state index is 0.318. The van der Waals surface area contributed by atoms with E-state index in [2.05, 4.69) is 0 Å². The van der Waals surface area contributed by atoms with E-state index in [-0.39, 0.29) is 0 Å². The molecular formula is C17H22O7. The van der Waals surface area contributed by atoms with Crippen LogP contribution in [-0.2, 0) is 14.3 Å². The van der Waals surface area contributed by atoms with Crippen LogP contribution in [0, 0.1) is 0 Å². The summed E-state index contributed by atoms with van der Waals surface area (Å²) in [7, 11) is 0. The van der Waals surface area contributed by atoms with Gasteiger partial charge >= 0.3 is 5.97 Å². The minimum atomic E-state index is -1.36. The van der Waals surface area contributed by atoms with Gasteiger partial charge in [0.1, 0.15) is 24.1 Å². The highest BCUT2D eigenvalue weighted by Gasteiger charge is 2.43. The van der Waals surface area contributed by atoms with Gasteiger partial charge in [0, 0.05) is 6.08 Å². The standard InChI is InChI=1S/C17H22O7/c1-3-22-13(18)9-6-11-4-7-12(8-5-11)24-17-16(21)15(20)14(19)10(2)23-17/h4-10,14-17,19-21H,3H2,1-2H3/b9-6+/t10-,14-,15+,16+,17-/m0/s1. The van der Waals surface area contributed by atoms with Crippen LogP contribution >= 0.6 is 0 Å². The van der Waals surface area contributed by atoms with Gasteiger partial charge < -0.3 is 29.5 Å². The Morgan fingerprint density at radius 1 is 1.17 bits per heavy atom. The number of benzene rings is 1. The fraction of sp³-hybridized carbons (Fsp3) is 0.471. The second-order valence-corrected chi connectivity index (χ2v) is 5.45. The minimum Gasteiger partial charge on any atom is -0.463 e. The summed E-state index contributed by atoms with van der Waals surface area (Å²) in [5, 5.41) is 29.3. The van der Waals surface area contributed by atoms with Crippen molar-refractivity contribution in [1.29, 1.82) is 0 Å². The molecule has 1 aliphatic rings. The van der Waals surface area contributed by atoms with Gasteiger partial charge in [-0.05, 0) is 37.6 Å². The molecule has 7 nitrogen and oxygen atoms in total. The third-order valence-electron chi connectivity index (χ3n) is 3.64. The fourth-order valence-corrected chi connectivity index (χ4v) is 2.26. The van der Waals surface area contributed by atoms with Crippen LogP contribution in [-0.4, -0.2) is 58.6 Å².